The maximum Gasteiger partial charge on any atom is 0.390 e. The molecule has 0 unspecified atom stereocenters. The van der Waals surface area contributed by atoms with Gasteiger partial charge in [-0.05, 0) is 35.0 Å². The molecule has 0 aliphatic rings. The van der Waals surface area contributed by atoms with Gasteiger partial charge in [-0.15, -0.1) is 5.10 Å². The van der Waals surface area contributed by atoms with Crippen molar-refractivity contribution < 1.29 is 13.2 Å². The van der Waals surface area contributed by atoms with Gasteiger partial charge in [0.15, 0.2) is 5.82 Å². The molecule has 0 radical (unpaired) electrons. The van der Waals surface area contributed by atoms with E-state index < -0.39 is 12.6 Å². The van der Waals surface area contributed by atoms with Gasteiger partial charge in [0.2, 0.25) is 0 Å². The number of hydrogen-bond acceptors (Lipinski definition) is 4. The predicted octanol–water partition coefficient (Wildman–Crippen LogP) is 2.95. The van der Waals surface area contributed by atoms with E-state index in [1.165, 1.54) is 0 Å². The number of nitrogen functional groups attached to an aromatic ring is 1. The molecule has 1 aromatic carbocycles. The van der Waals surface area contributed by atoms with Crippen molar-refractivity contribution >= 4 is 21.6 Å². The Bertz CT molecular complexity index is 623. The number of halogens is 4. The lowest BCUT2D eigenvalue weighted by atomic mass is 10.1. The molecular weight excluding hydrogens is 339 g/mol. The molecule has 1 heterocycles. The van der Waals surface area contributed by atoms with E-state index in [-0.39, 0.29) is 12.4 Å². The minimum Gasteiger partial charge on any atom is -0.398 e. The van der Waals surface area contributed by atoms with Gasteiger partial charge in [-0.1, -0.05) is 15.9 Å². The van der Waals surface area contributed by atoms with Crippen molar-refractivity contribution in [3.8, 4) is 11.4 Å². The molecule has 0 saturated heterocycles. The van der Waals surface area contributed by atoms with E-state index in [9.17, 15) is 13.2 Å². The summed E-state index contributed by atoms with van der Waals surface area (Å²) in [5.74, 6) is 0.264. The molecule has 1 aromatic heterocycles. The number of alkyl halides is 3. The lowest BCUT2D eigenvalue weighted by Gasteiger charge is -2.11. The first-order valence-corrected chi connectivity index (χ1v) is 6.46. The van der Waals surface area contributed by atoms with Crippen molar-refractivity contribution in [2.45, 2.75) is 26.1 Å². The third-order valence-corrected chi connectivity index (χ3v) is 3.25. The zero-order valence-electron chi connectivity index (χ0n) is 10.4. The fourth-order valence-electron chi connectivity index (χ4n) is 1.71. The minimum absolute atomic E-state index is 0.264. The van der Waals surface area contributed by atoms with Crippen LogP contribution >= 0.6 is 15.9 Å². The molecule has 0 atom stereocenters. The summed E-state index contributed by atoms with van der Waals surface area (Å²) in [4.78, 5) is 0. The van der Waals surface area contributed by atoms with Crippen LogP contribution in [0.5, 0.6) is 0 Å². The van der Waals surface area contributed by atoms with Gasteiger partial charge in [0.1, 0.15) is 0 Å². The second-order valence-electron chi connectivity index (χ2n) is 4.26. The minimum atomic E-state index is -4.26. The van der Waals surface area contributed by atoms with Crippen LogP contribution in [0.3, 0.4) is 0 Å². The third-order valence-electron chi connectivity index (χ3n) is 2.79. The molecule has 5 nitrogen and oxygen atoms in total. The first kappa shape index (κ1) is 14.8. The van der Waals surface area contributed by atoms with E-state index in [4.69, 9.17) is 5.73 Å². The molecule has 108 valence electrons. The van der Waals surface area contributed by atoms with Crippen LogP contribution in [0.25, 0.3) is 11.4 Å². The Labute approximate surface area is 121 Å². The smallest absolute Gasteiger partial charge is 0.390 e. The zero-order chi connectivity index (χ0) is 14.9. The van der Waals surface area contributed by atoms with Crippen molar-refractivity contribution in [1.29, 1.82) is 0 Å². The van der Waals surface area contributed by atoms with Gasteiger partial charge in [-0.2, -0.15) is 13.2 Å². The van der Waals surface area contributed by atoms with Crippen molar-refractivity contribution in [2.75, 3.05) is 5.73 Å². The fourth-order valence-corrected chi connectivity index (χ4v) is 2.19. The van der Waals surface area contributed by atoms with Crippen LogP contribution in [0.4, 0.5) is 18.9 Å². The Morgan fingerprint density at radius 3 is 2.70 bits per heavy atom. The van der Waals surface area contributed by atoms with Crippen LogP contribution in [0.2, 0.25) is 0 Å². The molecule has 0 aliphatic heterocycles. The molecule has 2 aromatic rings. The van der Waals surface area contributed by atoms with Crippen LogP contribution in [-0.4, -0.2) is 26.4 Å². The Balaban J connectivity index is 2.37. The van der Waals surface area contributed by atoms with Crippen LogP contribution in [0.1, 0.15) is 12.0 Å². The van der Waals surface area contributed by atoms with E-state index in [2.05, 4.69) is 31.5 Å². The number of nitrogens with two attached hydrogens (primary N) is 1. The summed E-state index contributed by atoms with van der Waals surface area (Å²) in [6, 6.07) is 3.43. The highest BCUT2D eigenvalue weighted by Gasteiger charge is 2.28. The first-order valence-electron chi connectivity index (χ1n) is 5.67. The van der Waals surface area contributed by atoms with E-state index in [1.807, 2.05) is 0 Å². The molecule has 0 fully saturated rings. The Morgan fingerprint density at radius 2 is 2.05 bits per heavy atom. The summed E-state index contributed by atoms with van der Waals surface area (Å²) in [5, 5.41) is 10.8. The molecule has 9 heteroatoms. The molecule has 2 N–H and O–H groups in total. The van der Waals surface area contributed by atoms with E-state index in [1.54, 1.807) is 19.1 Å². The van der Waals surface area contributed by atoms with Gasteiger partial charge < -0.3 is 5.73 Å². The highest BCUT2D eigenvalue weighted by Crippen LogP contribution is 2.30. The third kappa shape index (κ3) is 3.27. The average Bonchev–Trinajstić information content (AvgIpc) is 2.78. The van der Waals surface area contributed by atoms with E-state index in [0.29, 0.717) is 15.7 Å². The molecule has 0 aliphatic carbocycles. The second kappa shape index (κ2) is 5.39. The van der Waals surface area contributed by atoms with Crippen molar-refractivity contribution in [1.82, 2.24) is 20.2 Å². The van der Waals surface area contributed by atoms with Crippen LogP contribution < -0.4 is 5.73 Å². The van der Waals surface area contributed by atoms with E-state index >= 15 is 0 Å². The average molecular weight is 350 g/mol. The molecule has 0 amide bonds. The second-order valence-corrected chi connectivity index (χ2v) is 5.17. The van der Waals surface area contributed by atoms with Gasteiger partial charge in [-0.3, -0.25) is 0 Å². The summed E-state index contributed by atoms with van der Waals surface area (Å²) >= 11 is 3.29. The van der Waals surface area contributed by atoms with Gasteiger partial charge >= 0.3 is 6.18 Å². The number of hydrogen-bond donors (Lipinski definition) is 1. The Hall–Kier alpha value is -1.64. The SMILES string of the molecule is Cc1c(N)cc(Br)cc1-c1nnnn1CCC(F)(F)F. The quantitative estimate of drug-likeness (QED) is 0.865. The molecule has 2 rings (SSSR count). The monoisotopic (exact) mass is 349 g/mol. The highest BCUT2D eigenvalue weighted by atomic mass is 79.9. The Kier molecular flexibility index (Phi) is 3.98. The number of benzene rings is 1. The Morgan fingerprint density at radius 1 is 1.35 bits per heavy atom. The van der Waals surface area contributed by atoms with Crippen LogP contribution in [0.15, 0.2) is 16.6 Å². The van der Waals surface area contributed by atoms with Gasteiger partial charge in [0.25, 0.3) is 0 Å². The van der Waals surface area contributed by atoms with Gasteiger partial charge in [0.05, 0.1) is 13.0 Å². The largest absolute Gasteiger partial charge is 0.398 e. The fraction of sp³-hybridized carbons (Fsp3) is 0.364. The normalized spacial score (nSPS) is 11.8. The number of nitrogens with zero attached hydrogens (tertiary/aromatic N) is 4. The van der Waals surface area contributed by atoms with E-state index in [0.717, 1.165) is 10.2 Å². The lowest BCUT2D eigenvalue weighted by molar-refractivity contribution is -0.137. The summed E-state index contributed by atoms with van der Waals surface area (Å²) in [5.41, 5.74) is 7.67. The number of aromatic nitrogens is 4. The maximum absolute atomic E-state index is 12.3. The number of rotatable bonds is 3. The zero-order valence-corrected chi connectivity index (χ0v) is 12.0. The first-order chi connectivity index (χ1) is 9.28. The van der Waals surface area contributed by atoms with Crippen molar-refractivity contribution in [3.63, 3.8) is 0 Å². The van der Waals surface area contributed by atoms with Crippen LogP contribution in [-0.2, 0) is 6.54 Å². The van der Waals surface area contributed by atoms with Gasteiger partial charge in [0, 0.05) is 15.7 Å². The summed E-state index contributed by atoms with van der Waals surface area (Å²) in [6.45, 7) is 1.43. The van der Waals surface area contributed by atoms with Crippen LogP contribution in [0, 0.1) is 6.92 Å². The van der Waals surface area contributed by atoms with Crippen molar-refractivity contribution in [2.24, 2.45) is 0 Å². The van der Waals surface area contributed by atoms with Gasteiger partial charge in [-0.25, -0.2) is 4.68 Å². The molecular formula is C11H11BrF3N5. The molecule has 0 bridgehead atoms. The summed E-state index contributed by atoms with van der Waals surface area (Å²) in [6.07, 6.45) is -5.25. The lowest BCUT2D eigenvalue weighted by Crippen LogP contribution is -2.14. The number of tetrazole rings is 1. The number of aryl methyl sites for hydroxylation is 1. The predicted molar refractivity (Wildman–Crippen MR) is 70.8 cm³/mol. The molecule has 0 saturated carbocycles. The summed E-state index contributed by atoms with van der Waals surface area (Å²) < 4.78 is 38.7. The number of anilines is 1. The highest BCUT2D eigenvalue weighted by molar-refractivity contribution is 9.10. The maximum atomic E-state index is 12.3. The topological polar surface area (TPSA) is 69.6 Å². The standard InChI is InChI=1S/C11H11BrF3N5/c1-6-8(4-7(12)5-9(6)16)10-17-18-19-20(10)3-2-11(13,14)15/h4-5H,2-3,16H2,1H3. The molecule has 0 spiro atoms. The summed E-state index contributed by atoms with van der Waals surface area (Å²) in [7, 11) is 0. The molecule has 20 heavy (non-hydrogen) atoms. The van der Waals surface area contributed by atoms with Crippen molar-refractivity contribution in [3.05, 3.63) is 22.2 Å².